The first-order valence-corrected chi connectivity index (χ1v) is 16.7. The molecule has 230 valence electrons. The predicted octanol–water partition coefficient (Wildman–Crippen LogP) is 3.97. The third kappa shape index (κ3) is 8.62. The quantitative estimate of drug-likeness (QED) is 0.0862. The highest BCUT2D eigenvalue weighted by Gasteiger charge is 2.35. The summed E-state index contributed by atoms with van der Waals surface area (Å²) in [6.07, 6.45) is -3.69. The lowest BCUT2D eigenvalue weighted by molar-refractivity contribution is -0.0352. The number of imidazole rings is 1. The maximum absolute atomic E-state index is 15.7. The van der Waals surface area contributed by atoms with Crippen molar-refractivity contribution in [1.82, 2.24) is 19.5 Å². The minimum atomic E-state index is -4.89. The van der Waals surface area contributed by atoms with Gasteiger partial charge in [-0.3, -0.25) is 13.7 Å². The van der Waals surface area contributed by atoms with E-state index in [9.17, 15) is 24.2 Å². The van der Waals surface area contributed by atoms with Crippen LogP contribution in [0.2, 0.25) is 0 Å². The number of allylic oxidation sites excluding steroid dienone is 1. The van der Waals surface area contributed by atoms with Gasteiger partial charge in [-0.15, -0.1) is 0 Å². The van der Waals surface area contributed by atoms with Crippen LogP contribution in [0.4, 0.5) is 10.2 Å². The highest BCUT2D eigenvalue weighted by molar-refractivity contribution is 7.70. The number of hydrogen-bond acceptors (Lipinski definition) is 9. The molecule has 0 spiro atoms. The topological polar surface area (TPSA) is 200 Å². The van der Waals surface area contributed by atoms with Crippen molar-refractivity contribution in [3.05, 3.63) is 84.2 Å². The van der Waals surface area contributed by atoms with E-state index in [1.807, 2.05) is 36.4 Å². The Morgan fingerprint density at radius 1 is 1.05 bits per heavy atom. The van der Waals surface area contributed by atoms with Crippen molar-refractivity contribution in [3.63, 3.8) is 0 Å². The van der Waals surface area contributed by atoms with Gasteiger partial charge in [0.1, 0.15) is 6.10 Å². The molecule has 0 aliphatic heterocycles. The summed E-state index contributed by atoms with van der Waals surface area (Å²) in [6, 6.07) is 18.5. The number of hydrogen-bond donors (Lipinski definition) is 6. The fourth-order valence-electron chi connectivity index (χ4n) is 4.23. The Bertz CT molecular complexity index is 1650. The molecule has 2 aromatic heterocycles. The summed E-state index contributed by atoms with van der Waals surface area (Å²) >= 11 is 0. The molecule has 4 aromatic rings. The van der Waals surface area contributed by atoms with Crippen LogP contribution in [0.25, 0.3) is 22.6 Å². The maximum Gasteiger partial charge on any atom is 0.340 e. The van der Waals surface area contributed by atoms with Gasteiger partial charge in [-0.25, -0.2) is 19.3 Å². The van der Waals surface area contributed by atoms with Gasteiger partial charge in [-0.1, -0.05) is 73.7 Å². The lowest BCUT2D eigenvalue weighted by atomic mass is 10.0. The van der Waals surface area contributed by atoms with E-state index in [1.165, 1.54) is 6.08 Å². The van der Waals surface area contributed by atoms with Gasteiger partial charge in [0.25, 0.3) is 0 Å². The average Bonchev–Trinajstić information content (AvgIpc) is 3.41. The van der Waals surface area contributed by atoms with Crippen LogP contribution in [0, 0.1) is 0 Å². The predicted molar refractivity (Wildman–Crippen MR) is 158 cm³/mol. The number of benzene rings is 2. The van der Waals surface area contributed by atoms with Crippen molar-refractivity contribution in [2.24, 2.45) is 0 Å². The van der Waals surface area contributed by atoms with Crippen molar-refractivity contribution in [1.29, 1.82) is 0 Å². The summed E-state index contributed by atoms with van der Waals surface area (Å²) in [7, 11) is -9.67. The molecule has 2 heterocycles. The summed E-state index contributed by atoms with van der Waals surface area (Å²) in [5.41, 5.74) is 1.73. The molecule has 2 aromatic carbocycles. The third-order valence-corrected chi connectivity index (χ3v) is 9.71. The zero-order valence-corrected chi connectivity index (χ0v) is 24.8. The Hall–Kier alpha value is -3.32. The van der Waals surface area contributed by atoms with Crippen molar-refractivity contribution in [3.8, 4) is 11.4 Å². The average molecular weight is 636 g/mol. The van der Waals surface area contributed by atoms with Crippen molar-refractivity contribution in [2.45, 2.75) is 38.4 Å². The normalized spacial score (nSPS) is 16.0. The first-order valence-electron chi connectivity index (χ1n) is 13.2. The Morgan fingerprint density at radius 2 is 1.70 bits per heavy atom. The van der Waals surface area contributed by atoms with Crippen LogP contribution in [0.3, 0.4) is 0 Å². The molecule has 0 fully saturated rings. The molecule has 0 amide bonds. The van der Waals surface area contributed by atoms with E-state index >= 15 is 4.39 Å². The molecular weight excluding hydrogens is 603 g/mol. The van der Waals surface area contributed by atoms with E-state index in [2.05, 4.69) is 20.3 Å². The summed E-state index contributed by atoms with van der Waals surface area (Å²) in [5.74, 6) is -0.835. The van der Waals surface area contributed by atoms with Crippen molar-refractivity contribution < 1.29 is 42.9 Å². The first-order chi connectivity index (χ1) is 20.4. The van der Waals surface area contributed by atoms with Crippen LogP contribution in [-0.2, 0) is 20.2 Å². The van der Waals surface area contributed by atoms with Crippen LogP contribution in [-0.4, -0.2) is 69.2 Å². The zero-order chi connectivity index (χ0) is 31.2. The van der Waals surface area contributed by atoms with Gasteiger partial charge in [0.15, 0.2) is 41.1 Å². The molecule has 0 bridgehead atoms. The molecule has 0 saturated heterocycles. The summed E-state index contributed by atoms with van der Waals surface area (Å²) in [4.78, 5) is 41.2. The molecule has 4 rings (SSSR count). The molecule has 0 saturated carbocycles. The Balaban J connectivity index is 1.63. The first kappa shape index (κ1) is 32.6. The molecule has 6 N–H and O–H groups in total. The Labute approximate surface area is 246 Å². The summed E-state index contributed by atoms with van der Waals surface area (Å²) in [5, 5.41) is 25.0. The van der Waals surface area contributed by atoms with Gasteiger partial charge in [0, 0.05) is 12.1 Å². The molecular formula is C27H32FN5O8P2. The third-order valence-electron chi connectivity index (χ3n) is 6.27. The van der Waals surface area contributed by atoms with Gasteiger partial charge in [-0.05, 0) is 17.6 Å². The molecule has 0 aliphatic carbocycles. The van der Waals surface area contributed by atoms with E-state index in [-0.39, 0.29) is 29.0 Å². The van der Waals surface area contributed by atoms with Gasteiger partial charge >= 0.3 is 15.2 Å². The number of rotatable bonds is 14. The van der Waals surface area contributed by atoms with Crippen LogP contribution in [0.15, 0.2) is 78.6 Å². The number of halogens is 1. The van der Waals surface area contributed by atoms with Crippen LogP contribution >= 0.6 is 15.2 Å². The largest absolute Gasteiger partial charge is 0.385 e. The van der Waals surface area contributed by atoms with E-state index in [4.69, 9.17) is 14.3 Å². The monoisotopic (exact) mass is 635 g/mol. The number of fused-ring (bicyclic) bond motifs is 1. The smallest absolute Gasteiger partial charge is 0.340 e. The fraction of sp³-hybridized carbons (Fsp3) is 0.296. The van der Waals surface area contributed by atoms with Gasteiger partial charge in [0.05, 0.1) is 12.9 Å². The lowest BCUT2D eigenvalue weighted by Gasteiger charge is -2.25. The van der Waals surface area contributed by atoms with E-state index < -0.39 is 46.2 Å². The van der Waals surface area contributed by atoms with Crippen LogP contribution in [0.5, 0.6) is 0 Å². The Kier molecular flexibility index (Phi) is 10.6. The minimum Gasteiger partial charge on any atom is -0.385 e. The number of anilines is 1. The van der Waals surface area contributed by atoms with Crippen LogP contribution in [0.1, 0.15) is 25.1 Å². The standard InChI is InChI=1S/C27H32FN5O8P2/c1-2-9-20(15-41-43(39,40)17-42(36,37)38)23(34)21(28)27(35)33-16-30-22-25(29-14-18-10-5-3-6-11-18)31-24(32-26(22)33)19-12-7-4-8-13-19/h3-13,16,21,23,27,34-35H,2,14-15,17H2,1H3,(H,39,40)(H,29,31,32)(H2,36,37,38)/b20-9-/t21-,23+,27+/m0/s1. The van der Waals surface area contributed by atoms with Crippen molar-refractivity contribution in [2.75, 3.05) is 17.8 Å². The zero-order valence-electron chi connectivity index (χ0n) is 23.0. The minimum absolute atomic E-state index is 0.0746. The highest BCUT2D eigenvalue weighted by atomic mass is 31.2. The second-order valence-corrected chi connectivity index (χ2v) is 13.6. The second kappa shape index (κ2) is 14.0. The summed E-state index contributed by atoms with van der Waals surface area (Å²) < 4.78 is 44.7. The van der Waals surface area contributed by atoms with E-state index in [0.29, 0.717) is 17.9 Å². The van der Waals surface area contributed by atoms with E-state index in [0.717, 1.165) is 16.5 Å². The second-order valence-electron chi connectivity index (χ2n) is 9.63. The fourth-order valence-corrected chi connectivity index (χ4v) is 6.77. The molecule has 1 unspecified atom stereocenters. The number of nitrogens with zero attached hydrogens (tertiary/aromatic N) is 4. The molecule has 16 heteroatoms. The molecule has 4 atom stereocenters. The lowest BCUT2D eigenvalue weighted by Crippen LogP contribution is -2.34. The molecule has 0 aliphatic rings. The molecule has 0 radical (unpaired) electrons. The van der Waals surface area contributed by atoms with Gasteiger partial charge < -0.3 is 34.7 Å². The number of nitrogens with one attached hydrogen (secondary N) is 1. The van der Waals surface area contributed by atoms with Gasteiger partial charge in [-0.2, -0.15) is 0 Å². The maximum atomic E-state index is 15.7. The molecule has 43 heavy (non-hydrogen) atoms. The van der Waals surface area contributed by atoms with E-state index in [1.54, 1.807) is 31.2 Å². The highest BCUT2D eigenvalue weighted by Crippen LogP contribution is 2.55. The van der Waals surface area contributed by atoms with Crippen LogP contribution < -0.4 is 5.32 Å². The Morgan fingerprint density at radius 3 is 2.33 bits per heavy atom. The molecule has 13 nitrogen and oxygen atoms in total. The van der Waals surface area contributed by atoms with Crippen molar-refractivity contribution >= 4 is 32.2 Å². The number of alkyl halides is 1. The SMILES string of the molecule is CC/C=C(/COP(=O)(O)CP(=O)(O)O)[C@@H](O)[C@H](F)[C@@H](O)n1cnc2c(NCc3ccccc3)nc(-c3ccccc3)nc21. The van der Waals surface area contributed by atoms with Gasteiger partial charge in [0.2, 0.25) is 0 Å². The summed E-state index contributed by atoms with van der Waals surface area (Å²) in [6.45, 7) is 1.23. The number of aliphatic hydroxyl groups is 2. The number of aromatic nitrogens is 4. The number of aliphatic hydroxyl groups excluding tert-OH is 2.